The first-order valence-corrected chi connectivity index (χ1v) is 8.40. The standard InChI is InChI=1S/C19H24N2O3/c1-23-18-5-3-2-4-15(18)10-14-6-8-21(9-7-14)19(22)16-11-17(12-20)24-13-16/h2-5,11,13-14H,6-10,12,20H2,1H3. The van der Waals surface area contributed by atoms with Crippen LogP contribution in [0.1, 0.15) is 34.5 Å². The van der Waals surface area contributed by atoms with Gasteiger partial charge in [-0.15, -0.1) is 0 Å². The van der Waals surface area contributed by atoms with Crippen molar-refractivity contribution in [2.75, 3.05) is 20.2 Å². The highest BCUT2D eigenvalue weighted by atomic mass is 16.5. The third kappa shape index (κ3) is 3.62. The Bertz CT molecular complexity index is 687. The summed E-state index contributed by atoms with van der Waals surface area (Å²) in [5.41, 5.74) is 7.37. The summed E-state index contributed by atoms with van der Waals surface area (Å²) >= 11 is 0. The van der Waals surface area contributed by atoms with Gasteiger partial charge in [-0.2, -0.15) is 0 Å². The third-order valence-corrected chi connectivity index (χ3v) is 4.70. The number of piperidine rings is 1. The number of ether oxygens (including phenoxy) is 1. The predicted octanol–water partition coefficient (Wildman–Crippen LogP) is 2.84. The van der Waals surface area contributed by atoms with Gasteiger partial charge in [0, 0.05) is 13.1 Å². The number of nitrogens with zero attached hydrogens (tertiary/aromatic N) is 1. The van der Waals surface area contributed by atoms with Crippen LogP contribution in [0.25, 0.3) is 0 Å². The lowest BCUT2D eigenvalue weighted by Gasteiger charge is -2.32. The smallest absolute Gasteiger partial charge is 0.257 e. The molecule has 0 unspecified atom stereocenters. The van der Waals surface area contributed by atoms with E-state index in [2.05, 4.69) is 6.07 Å². The number of furan rings is 1. The van der Waals surface area contributed by atoms with E-state index in [1.165, 1.54) is 11.8 Å². The number of likely N-dealkylation sites (tertiary alicyclic amines) is 1. The highest BCUT2D eigenvalue weighted by molar-refractivity contribution is 5.94. The summed E-state index contributed by atoms with van der Waals surface area (Å²) in [6.45, 7) is 1.87. The van der Waals surface area contributed by atoms with E-state index in [4.69, 9.17) is 14.9 Å². The molecule has 3 rings (SSSR count). The second-order valence-corrected chi connectivity index (χ2v) is 6.26. The van der Waals surface area contributed by atoms with Gasteiger partial charge in [-0.1, -0.05) is 18.2 Å². The Morgan fingerprint density at radius 1 is 1.33 bits per heavy atom. The molecule has 1 aliphatic heterocycles. The minimum atomic E-state index is 0.0363. The van der Waals surface area contributed by atoms with Gasteiger partial charge < -0.3 is 19.8 Å². The first-order chi connectivity index (χ1) is 11.7. The number of benzene rings is 1. The second-order valence-electron chi connectivity index (χ2n) is 6.26. The van der Waals surface area contributed by atoms with Crippen LogP contribution in [-0.4, -0.2) is 31.0 Å². The van der Waals surface area contributed by atoms with E-state index in [-0.39, 0.29) is 5.91 Å². The summed E-state index contributed by atoms with van der Waals surface area (Å²) < 4.78 is 10.7. The van der Waals surface area contributed by atoms with Crippen LogP contribution in [-0.2, 0) is 13.0 Å². The number of carbonyl (C=O) groups is 1. The number of amides is 1. The van der Waals surface area contributed by atoms with Crippen molar-refractivity contribution in [3.05, 3.63) is 53.5 Å². The molecule has 2 N–H and O–H groups in total. The number of hydrogen-bond acceptors (Lipinski definition) is 4. The van der Waals surface area contributed by atoms with Gasteiger partial charge in [0.2, 0.25) is 0 Å². The van der Waals surface area contributed by atoms with Crippen molar-refractivity contribution in [1.82, 2.24) is 4.90 Å². The fourth-order valence-electron chi connectivity index (χ4n) is 3.31. The highest BCUT2D eigenvalue weighted by Gasteiger charge is 2.25. The Morgan fingerprint density at radius 2 is 2.08 bits per heavy atom. The van der Waals surface area contributed by atoms with E-state index in [1.807, 2.05) is 23.1 Å². The molecule has 1 saturated heterocycles. The number of para-hydroxylation sites is 1. The first-order valence-electron chi connectivity index (χ1n) is 8.40. The van der Waals surface area contributed by atoms with Crippen LogP contribution in [0, 0.1) is 5.92 Å². The van der Waals surface area contributed by atoms with Gasteiger partial charge in [0.05, 0.1) is 19.2 Å². The van der Waals surface area contributed by atoms with Crippen LogP contribution < -0.4 is 10.5 Å². The molecule has 5 heteroatoms. The quantitative estimate of drug-likeness (QED) is 0.916. The third-order valence-electron chi connectivity index (χ3n) is 4.70. The largest absolute Gasteiger partial charge is 0.496 e. The fraction of sp³-hybridized carbons (Fsp3) is 0.421. The Kier molecular flexibility index (Phi) is 5.20. The fourth-order valence-corrected chi connectivity index (χ4v) is 3.31. The summed E-state index contributed by atoms with van der Waals surface area (Å²) in [4.78, 5) is 14.4. The monoisotopic (exact) mass is 328 g/mol. The minimum absolute atomic E-state index is 0.0363. The highest BCUT2D eigenvalue weighted by Crippen LogP contribution is 2.27. The summed E-state index contributed by atoms with van der Waals surface area (Å²) in [6, 6.07) is 9.90. The summed E-state index contributed by atoms with van der Waals surface area (Å²) in [7, 11) is 1.71. The van der Waals surface area contributed by atoms with Crippen molar-refractivity contribution in [3.63, 3.8) is 0 Å². The molecule has 0 radical (unpaired) electrons. The lowest BCUT2D eigenvalue weighted by Crippen LogP contribution is -2.38. The molecule has 2 heterocycles. The van der Waals surface area contributed by atoms with E-state index in [0.29, 0.717) is 23.8 Å². The molecule has 0 saturated carbocycles. The molecule has 5 nitrogen and oxygen atoms in total. The van der Waals surface area contributed by atoms with Gasteiger partial charge in [-0.05, 0) is 42.9 Å². The Labute approximate surface area is 142 Å². The van der Waals surface area contributed by atoms with Gasteiger partial charge in [-0.25, -0.2) is 0 Å². The van der Waals surface area contributed by atoms with E-state index in [9.17, 15) is 4.79 Å². The van der Waals surface area contributed by atoms with Gasteiger partial charge in [0.1, 0.15) is 17.8 Å². The summed E-state index contributed by atoms with van der Waals surface area (Å²) in [5, 5.41) is 0. The molecule has 24 heavy (non-hydrogen) atoms. The van der Waals surface area contributed by atoms with Crippen molar-refractivity contribution >= 4 is 5.91 Å². The molecule has 128 valence electrons. The normalized spacial score (nSPS) is 15.5. The van der Waals surface area contributed by atoms with Gasteiger partial charge in [0.25, 0.3) is 5.91 Å². The number of methoxy groups -OCH3 is 1. The number of rotatable bonds is 5. The van der Waals surface area contributed by atoms with Crippen LogP contribution in [0.3, 0.4) is 0 Å². The van der Waals surface area contributed by atoms with E-state index in [0.717, 1.165) is 38.1 Å². The molecule has 1 aromatic heterocycles. The first kappa shape index (κ1) is 16.6. The zero-order chi connectivity index (χ0) is 16.9. The zero-order valence-corrected chi connectivity index (χ0v) is 14.0. The second kappa shape index (κ2) is 7.53. The van der Waals surface area contributed by atoms with Crippen LogP contribution in [0.2, 0.25) is 0 Å². The lowest BCUT2D eigenvalue weighted by molar-refractivity contribution is 0.0689. The van der Waals surface area contributed by atoms with Gasteiger partial charge >= 0.3 is 0 Å². The number of nitrogens with two attached hydrogens (primary N) is 1. The maximum absolute atomic E-state index is 12.5. The summed E-state index contributed by atoms with van der Waals surface area (Å²) in [5.74, 6) is 2.21. The van der Waals surface area contributed by atoms with E-state index < -0.39 is 0 Å². The molecular formula is C19H24N2O3. The molecule has 1 aromatic carbocycles. The molecule has 0 aliphatic carbocycles. The SMILES string of the molecule is COc1ccccc1CC1CCN(C(=O)c2coc(CN)c2)CC1. The van der Waals surface area contributed by atoms with Crippen LogP contribution in [0.4, 0.5) is 0 Å². The maximum atomic E-state index is 12.5. The molecule has 1 aliphatic rings. The van der Waals surface area contributed by atoms with Crippen molar-refractivity contribution in [1.29, 1.82) is 0 Å². The van der Waals surface area contributed by atoms with E-state index in [1.54, 1.807) is 13.2 Å². The maximum Gasteiger partial charge on any atom is 0.257 e. The van der Waals surface area contributed by atoms with E-state index >= 15 is 0 Å². The Morgan fingerprint density at radius 3 is 2.75 bits per heavy atom. The van der Waals surface area contributed by atoms with Gasteiger partial charge in [-0.3, -0.25) is 4.79 Å². The lowest BCUT2D eigenvalue weighted by atomic mass is 9.89. The average molecular weight is 328 g/mol. The molecule has 0 spiro atoms. The van der Waals surface area contributed by atoms with Gasteiger partial charge in [0.15, 0.2) is 0 Å². The van der Waals surface area contributed by atoms with Crippen molar-refractivity contribution in [3.8, 4) is 5.75 Å². The molecule has 0 bridgehead atoms. The Hall–Kier alpha value is -2.27. The van der Waals surface area contributed by atoms with Crippen molar-refractivity contribution in [2.24, 2.45) is 11.7 Å². The number of carbonyl (C=O) groups excluding carboxylic acids is 1. The van der Waals surface area contributed by atoms with Crippen LogP contribution in [0.15, 0.2) is 41.0 Å². The average Bonchev–Trinajstić information content (AvgIpc) is 3.11. The van der Waals surface area contributed by atoms with Crippen LogP contribution >= 0.6 is 0 Å². The van der Waals surface area contributed by atoms with Crippen molar-refractivity contribution in [2.45, 2.75) is 25.8 Å². The number of hydrogen-bond donors (Lipinski definition) is 1. The molecule has 1 fully saturated rings. The van der Waals surface area contributed by atoms with Crippen molar-refractivity contribution < 1.29 is 13.9 Å². The Balaban J connectivity index is 1.56. The molecule has 2 aromatic rings. The summed E-state index contributed by atoms with van der Waals surface area (Å²) in [6.07, 6.45) is 4.51. The molecule has 1 amide bonds. The topological polar surface area (TPSA) is 68.7 Å². The minimum Gasteiger partial charge on any atom is -0.496 e. The zero-order valence-electron chi connectivity index (χ0n) is 14.0. The molecular weight excluding hydrogens is 304 g/mol. The predicted molar refractivity (Wildman–Crippen MR) is 91.9 cm³/mol. The molecule has 0 atom stereocenters. The van der Waals surface area contributed by atoms with Crippen LogP contribution in [0.5, 0.6) is 5.75 Å².